The minimum atomic E-state index is -0.730. The van der Waals surface area contributed by atoms with Gasteiger partial charge in [-0.05, 0) is 49.9 Å². The van der Waals surface area contributed by atoms with Crippen molar-refractivity contribution in [3.05, 3.63) is 49.6 Å². The number of nitrogens with zero attached hydrogens (tertiary/aromatic N) is 4. The van der Waals surface area contributed by atoms with Crippen LogP contribution in [0.3, 0.4) is 0 Å². The fourth-order valence-corrected chi connectivity index (χ4v) is 10.2. The van der Waals surface area contributed by atoms with E-state index in [-0.39, 0.29) is 42.0 Å². The Bertz CT molecular complexity index is 1240. The number of thioether (sulfide) groups is 1. The Morgan fingerprint density at radius 1 is 1.13 bits per heavy atom. The zero-order valence-corrected chi connectivity index (χ0v) is 27.5. The van der Waals surface area contributed by atoms with Crippen molar-refractivity contribution in [3.8, 4) is 5.75 Å². The second-order valence-corrected chi connectivity index (χ2v) is 13.9. The van der Waals surface area contributed by atoms with E-state index in [0.29, 0.717) is 58.1 Å². The largest absolute Gasteiger partial charge is 0.494 e. The van der Waals surface area contributed by atoms with Crippen LogP contribution in [-0.2, 0) is 19.1 Å². The first-order valence-electron chi connectivity index (χ1n) is 16.3. The molecule has 4 fully saturated rings. The van der Waals surface area contributed by atoms with Gasteiger partial charge in [-0.25, -0.2) is 0 Å². The standard InChI is InChI=1S/C34H48N4O6S/c1-5-13-36(17-16-35-18-21-43-22-19-35)33(42)30-34-24(4)23-27(45-34)28(29(34)32(41)38(30)15-8-20-39)31(40)37(14-6-2)25-9-11-26(12-10-25)44-7-3/h5-6,9-12,24,27-30,39H,1-2,7-8,13-23H2,3-4H3/t24?,27-,28+,29+,30?,34?/m1/s1. The van der Waals surface area contributed by atoms with E-state index in [0.717, 1.165) is 25.3 Å². The van der Waals surface area contributed by atoms with Gasteiger partial charge in [0.05, 0.1) is 36.4 Å². The summed E-state index contributed by atoms with van der Waals surface area (Å²) in [7, 11) is 0. The number of carbonyl (C=O) groups excluding carboxylic acids is 3. The lowest BCUT2D eigenvalue weighted by atomic mass is 9.65. The van der Waals surface area contributed by atoms with Crippen LogP contribution in [0.25, 0.3) is 0 Å². The number of anilines is 1. The number of likely N-dealkylation sites (tertiary alicyclic amines) is 1. The molecule has 1 N–H and O–H groups in total. The molecule has 4 aliphatic heterocycles. The Balaban J connectivity index is 1.47. The molecule has 1 spiro atoms. The lowest BCUT2D eigenvalue weighted by Gasteiger charge is -2.41. The Morgan fingerprint density at radius 3 is 2.49 bits per heavy atom. The van der Waals surface area contributed by atoms with Gasteiger partial charge in [0.2, 0.25) is 17.7 Å². The van der Waals surface area contributed by atoms with Crippen molar-refractivity contribution in [2.75, 3.05) is 77.1 Å². The van der Waals surface area contributed by atoms with Crippen molar-refractivity contribution in [1.82, 2.24) is 14.7 Å². The normalized spacial score (nSPS) is 29.0. The Hall–Kier alpha value is -2.86. The predicted molar refractivity (Wildman–Crippen MR) is 176 cm³/mol. The summed E-state index contributed by atoms with van der Waals surface area (Å²) in [5.41, 5.74) is 0.716. The van der Waals surface area contributed by atoms with Crippen LogP contribution in [0.5, 0.6) is 5.75 Å². The number of morpholine rings is 1. The number of hydrogen-bond acceptors (Lipinski definition) is 8. The van der Waals surface area contributed by atoms with Crippen LogP contribution in [0, 0.1) is 17.8 Å². The molecule has 4 saturated heterocycles. The van der Waals surface area contributed by atoms with E-state index in [1.165, 1.54) is 0 Å². The second-order valence-electron chi connectivity index (χ2n) is 12.4. The quantitative estimate of drug-likeness (QED) is 0.292. The molecule has 11 heteroatoms. The van der Waals surface area contributed by atoms with Gasteiger partial charge < -0.3 is 29.3 Å². The van der Waals surface area contributed by atoms with E-state index < -0.39 is 22.6 Å². The molecule has 1 aromatic rings. The van der Waals surface area contributed by atoms with Gasteiger partial charge in [0.1, 0.15) is 11.8 Å². The van der Waals surface area contributed by atoms with Crippen LogP contribution < -0.4 is 9.64 Å². The van der Waals surface area contributed by atoms with Crippen LogP contribution in [0.1, 0.15) is 26.7 Å². The van der Waals surface area contributed by atoms with Crippen LogP contribution in [0.15, 0.2) is 49.6 Å². The second kappa shape index (κ2) is 14.7. The van der Waals surface area contributed by atoms with Gasteiger partial charge in [0.15, 0.2) is 0 Å². The van der Waals surface area contributed by atoms with Gasteiger partial charge in [0.25, 0.3) is 0 Å². The lowest BCUT2D eigenvalue weighted by molar-refractivity contribution is -0.143. The molecule has 3 unspecified atom stereocenters. The summed E-state index contributed by atoms with van der Waals surface area (Å²) in [5.74, 6) is -0.786. The summed E-state index contributed by atoms with van der Waals surface area (Å²) in [6.07, 6.45) is 4.55. The van der Waals surface area contributed by atoms with Crippen LogP contribution in [0.4, 0.5) is 5.69 Å². The van der Waals surface area contributed by atoms with Gasteiger partial charge in [-0.1, -0.05) is 19.1 Å². The number of ether oxygens (including phenoxy) is 2. The van der Waals surface area contributed by atoms with Crippen molar-refractivity contribution < 1.29 is 29.0 Å². The number of rotatable bonds is 15. The summed E-state index contributed by atoms with van der Waals surface area (Å²) in [6.45, 7) is 17.5. The summed E-state index contributed by atoms with van der Waals surface area (Å²) in [4.78, 5) is 51.2. The van der Waals surface area contributed by atoms with E-state index in [1.54, 1.807) is 33.7 Å². The van der Waals surface area contributed by atoms with Crippen LogP contribution >= 0.6 is 11.8 Å². The minimum absolute atomic E-state index is 0.0572. The smallest absolute Gasteiger partial charge is 0.247 e. The number of carbonyl (C=O) groups is 3. The summed E-state index contributed by atoms with van der Waals surface area (Å²) in [5, 5.41) is 9.67. The maximum absolute atomic E-state index is 14.7. The fraction of sp³-hybridized carbons (Fsp3) is 0.618. The highest BCUT2D eigenvalue weighted by atomic mass is 32.2. The first-order chi connectivity index (χ1) is 21.8. The topological polar surface area (TPSA) is 103 Å². The number of benzene rings is 1. The lowest BCUT2D eigenvalue weighted by Crippen LogP contribution is -2.58. The SMILES string of the molecule is C=CCN(CCN1CCOCC1)C(=O)C1N(CCCO)C(=O)[C@@H]2[C@@H](C(=O)N(CC=C)c3ccc(OCC)cc3)[C@H]3CC(C)C12S3. The molecular weight excluding hydrogens is 592 g/mol. The predicted octanol–water partition coefficient (Wildman–Crippen LogP) is 2.67. The molecule has 5 rings (SSSR count). The summed E-state index contributed by atoms with van der Waals surface area (Å²) in [6, 6.07) is 6.70. The maximum Gasteiger partial charge on any atom is 0.247 e. The molecule has 45 heavy (non-hydrogen) atoms. The number of fused-ring (bicyclic) bond motifs is 1. The molecule has 0 aromatic heterocycles. The molecule has 6 atom stereocenters. The summed E-state index contributed by atoms with van der Waals surface area (Å²) >= 11 is 1.67. The van der Waals surface area contributed by atoms with Crippen molar-refractivity contribution in [3.63, 3.8) is 0 Å². The van der Waals surface area contributed by atoms with Crippen molar-refractivity contribution >= 4 is 35.2 Å². The molecule has 10 nitrogen and oxygen atoms in total. The van der Waals surface area contributed by atoms with Crippen molar-refractivity contribution in [2.24, 2.45) is 17.8 Å². The van der Waals surface area contributed by atoms with Crippen molar-refractivity contribution in [2.45, 2.75) is 42.7 Å². The fourth-order valence-electron chi connectivity index (χ4n) is 7.79. The number of hydrogen-bond donors (Lipinski definition) is 1. The van der Waals surface area contributed by atoms with E-state index in [9.17, 15) is 19.5 Å². The monoisotopic (exact) mass is 640 g/mol. The minimum Gasteiger partial charge on any atom is -0.494 e. The molecule has 2 bridgehead atoms. The third-order valence-electron chi connectivity index (χ3n) is 9.81. The highest BCUT2D eigenvalue weighted by Gasteiger charge is 2.76. The van der Waals surface area contributed by atoms with Crippen LogP contribution in [0.2, 0.25) is 0 Å². The molecule has 1 aromatic carbocycles. The first-order valence-corrected chi connectivity index (χ1v) is 17.1. The number of amides is 3. The van der Waals surface area contributed by atoms with Gasteiger partial charge in [-0.2, -0.15) is 0 Å². The van der Waals surface area contributed by atoms with E-state index >= 15 is 0 Å². The van der Waals surface area contributed by atoms with Crippen molar-refractivity contribution in [1.29, 1.82) is 0 Å². The third kappa shape index (κ3) is 6.28. The maximum atomic E-state index is 14.7. The zero-order chi connectivity index (χ0) is 32.1. The van der Waals surface area contributed by atoms with Gasteiger partial charge in [0, 0.05) is 63.4 Å². The molecule has 246 valence electrons. The molecule has 4 aliphatic rings. The van der Waals surface area contributed by atoms with E-state index in [4.69, 9.17) is 9.47 Å². The number of aliphatic hydroxyl groups excluding tert-OH is 1. The molecular formula is C34H48N4O6S. The molecule has 3 amide bonds. The number of aliphatic hydroxyl groups is 1. The molecule has 0 saturated carbocycles. The molecule has 0 aliphatic carbocycles. The highest BCUT2D eigenvalue weighted by Crippen LogP contribution is 2.69. The summed E-state index contributed by atoms with van der Waals surface area (Å²) < 4.78 is 10.4. The van der Waals surface area contributed by atoms with E-state index in [1.807, 2.05) is 36.1 Å². The Kier molecular flexibility index (Phi) is 10.9. The van der Waals surface area contributed by atoms with Gasteiger partial charge in [-0.3, -0.25) is 19.3 Å². The van der Waals surface area contributed by atoms with E-state index in [2.05, 4.69) is 25.0 Å². The zero-order valence-electron chi connectivity index (χ0n) is 26.6. The van der Waals surface area contributed by atoms with Gasteiger partial charge in [-0.15, -0.1) is 24.9 Å². The molecule has 0 radical (unpaired) electrons. The third-order valence-corrected chi connectivity index (χ3v) is 11.9. The van der Waals surface area contributed by atoms with Gasteiger partial charge >= 0.3 is 0 Å². The first kappa shape index (κ1) is 33.5. The highest BCUT2D eigenvalue weighted by molar-refractivity contribution is 8.02. The average Bonchev–Trinajstić information content (AvgIpc) is 3.64. The van der Waals surface area contributed by atoms with Crippen LogP contribution in [-0.4, -0.2) is 126 Å². The average molecular weight is 641 g/mol. The molecule has 4 heterocycles. The Labute approximate surface area is 271 Å². The Morgan fingerprint density at radius 2 is 1.84 bits per heavy atom.